The normalized spacial score (nSPS) is 10.5. The first kappa shape index (κ1) is 14.8. The van der Waals surface area contributed by atoms with Gasteiger partial charge in [-0.25, -0.2) is 14.6 Å². The van der Waals surface area contributed by atoms with Gasteiger partial charge in [0.1, 0.15) is 18.3 Å². The van der Waals surface area contributed by atoms with Crippen LogP contribution in [0.4, 0.5) is 0 Å². The zero-order valence-electron chi connectivity index (χ0n) is 12.7. The summed E-state index contributed by atoms with van der Waals surface area (Å²) in [7, 11) is 0. The molecule has 2 heterocycles. The van der Waals surface area contributed by atoms with Crippen LogP contribution < -0.4 is 5.32 Å². The van der Waals surface area contributed by atoms with Gasteiger partial charge in [-0.2, -0.15) is 5.10 Å². The lowest BCUT2D eigenvalue weighted by Gasteiger charge is -2.06. The average molecular weight is 308 g/mol. The minimum absolute atomic E-state index is 0.232. The van der Waals surface area contributed by atoms with Gasteiger partial charge in [-0.1, -0.05) is 24.3 Å². The molecule has 0 saturated carbocycles. The Hall–Kier alpha value is -3.09. The van der Waals surface area contributed by atoms with E-state index >= 15 is 0 Å². The van der Waals surface area contributed by atoms with Gasteiger partial charge in [0.2, 0.25) is 0 Å². The third kappa shape index (κ3) is 3.97. The molecule has 0 aliphatic rings. The molecule has 7 nitrogen and oxygen atoms in total. The Morgan fingerprint density at radius 3 is 2.57 bits per heavy atom. The van der Waals surface area contributed by atoms with Crippen molar-refractivity contribution in [3.63, 3.8) is 0 Å². The van der Waals surface area contributed by atoms with E-state index in [1.54, 1.807) is 17.2 Å². The molecule has 0 radical (unpaired) electrons. The lowest BCUT2D eigenvalue weighted by Crippen LogP contribution is -2.24. The lowest BCUT2D eigenvalue weighted by molar-refractivity contribution is 0.0945. The van der Waals surface area contributed by atoms with Crippen molar-refractivity contribution in [3.8, 4) is 0 Å². The molecule has 116 valence electrons. The van der Waals surface area contributed by atoms with Crippen molar-refractivity contribution in [1.29, 1.82) is 0 Å². The van der Waals surface area contributed by atoms with Crippen LogP contribution in [0.15, 0.2) is 49.3 Å². The van der Waals surface area contributed by atoms with Gasteiger partial charge < -0.3 is 5.32 Å². The second-order valence-corrected chi connectivity index (χ2v) is 5.14. The first-order chi connectivity index (χ1) is 11.2. The minimum Gasteiger partial charge on any atom is -0.347 e. The van der Waals surface area contributed by atoms with Gasteiger partial charge in [0.25, 0.3) is 5.91 Å². The van der Waals surface area contributed by atoms with E-state index in [2.05, 4.69) is 25.4 Å². The molecule has 0 aliphatic carbocycles. The second kappa shape index (κ2) is 6.78. The fraction of sp³-hybridized carbons (Fsp3) is 0.188. The molecule has 0 spiro atoms. The van der Waals surface area contributed by atoms with E-state index in [4.69, 9.17) is 0 Å². The van der Waals surface area contributed by atoms with E-state index < -0.39 is 0 Å². The lowest BCUT2D eigenvalue weighted by atomic mass is 10.1. The highest BCUT2D eigenvalue weighted by Crippen LogP contribution is 2.06. The maximum absolute atomic E-state index is 12.0. The van der Waals surface area contributed by atoms with Gasteiger partial charge in [0.15, 0.2) is 0 Å². The van der Waals surface area contributed by atoms with E-state index in [1.165, 1.54) is 12.5 Å². The Balaban J connectivity index is 1.56. The number of rotatable bonds is 5. The number of nitrogens with one attached hydrogen (secondary N) is 1. The predicted octanol–water partition coefficient (Wildman–Crippen LogP) is 1.35. The standard InChI is InChI=1S/C16H16N6O/c1-12-6-19-15(8-18-12)16(23)20-7-13-2-4-14(5-3-13)9-22-11-17-10-21-22/h2-6,8,10-11H,7,9H2,1H3,(H,20,23). The average Bonchev–Trinajstić information content (AvgIpc) is 3.07. The third-order valence-corrected chi connectivity index (χ3v) is 3.30. The molecule has 0 unspecified atom stereocenters. The van der Waals surface area contributed by atoms with Crippen LogP contribution in [0.1, 0.15) is 27.3 Å². The molecule has 3 rings (SSSR count). The molecule has 0 atom stereocenters. The maximum Gasteiger partial charge on any atom is 0.271 e. The summed E-state index contributed by atoms with van der Waals surface area (Å²) < 4.78 is 1.76. The molecule has 0 saturated heterocycles. The molecule has 23 heavy (non-hydrogen) atoms. The molecule has 7 heteroatoms. The van der Waals surface area contributed by atoms with E-state index in [0.29, 0.717) is 18.8 Å². The summed E-state index contributed by atoms with van der Waals surface area (Å²) in [5, 5.41) is 6.90. The summed E-state index contributed by atoms with van der Waals surface area (Å²) in [6.45, 7) is 2.94. The Kier molecular flexibility index (Phi) is 4.37. The Morgan fingerprint density at radius 2 is 1.91 bits per heavy atom. The van der Waals surface area contributed by atoms with Crippen LogP contribution in [-0.4, -0.2) is 30.6 Å². The summed E-state index contributed by atoms with van der Waals surface area (Å²) >= 11 is 0. The van der Waals surface area contributed by atoms with Crippen molar-refractivity contribution >= 4 is 5.91 Å². The first-order valence-corrected chi connectivity index (χ1v) is 7.18. The molecule has 3 aromatic rings. The summed E-state index contributed by atoms with van der Waals surface area (Å²) in [6, 6.07) is 7.98. The smallest absolute Gasteiger partial charge is 0.271 e. The van der Waals surface area contributed by atoms with Gasteiger partial charge in [0, 0.05) is 12.7 Å². The number of aryl methyl sites for hydroxylation is 1. The van der Waals surface area contributed by atoms with Crippen molar-refractivity contribution in [2.75, 3.05) is 0 Å². The first-order valence-electron chi connectivity index (χ1n) is 7.18. The van der Waals surface area contributed by atoms with Crippen LogP contribution in [0.25, 0.3) is 0 Å². The molecular formula is C16H16N6O. The van der Waals surface area contributed by atoms with Crippen LogP contribution >= 0.6 is 0 Å². The van der Waals surface area contributed by atoms with Crippen LogP contribution in [-0.2, 0) is 13.1 Å². The fourth-order valence-electron chi connectivity index (χ4n) is 2.05. The van der Waals surface area contributed by atoms with Crippen molar-refractivity contribution in [3.05, 3.63) is 71.8 Å². The van der Waals surface area contributed by atoms with E-state index in [-0.39, 0.29) is 5.91 Å². The number of nitrogens with zero attached hydrogens (tertiary/aromatic N) is 5. The SMILES string of the molecule is Cc1cnc(C(=O)NCc2ccc(Cn3cncn3)cc2)cn1. The number of benzene rings is 1. The van der Waals surface area contributed by atoms with E-state index in [9.17, 15) is 4.79 Å². The molecule has 1 N–H and O–H groups in total. The summed E-state index contributed by atoms with van der Waals surface area (Å²) in [5.74, 6) is -0.232. The zero-order chi connectivity index (χ0) is 16.1. The quantitative estimate of drug-likeness (QED) is 0.769. The number of amides is 1. The van der Waals surface area contributed by atoms with Crippen molar-refractivity contribution in [2.24, 2.45) is 0 Å². The van der Waals surface area contributed by atoms with Crippen LogP contribution in [0.2, 0.25) is 0 Å². The summed E-state index contributed by atoms with van der Waals surface area (Å²) in [5.41, 5.74) is 3.23. The topological polar surface area (TPSA) is 85.6 Å². The number of aromatic nitrogens is 5. The second-order valence-electron chi connectivity index (χ2n) is 5.14. The van der Waals surface area contributed by atoms with Gasteiger partial charge >= 0.3 is 0 Å². The maximum atomic E-state index is 12.0. The Labute approximate surface area is 133 Å². The van der Waals surface area contributed by atoms with E-state index in [1.807, 2.05) is 31.2 Å². The largest absolute Gasteiger partial charge is 0.347 e. The van der Waals surface area contributed by atoms with Gasteiger partial charge in [-0.3, -0.25) is 9.78 Å². The van der Waals surface area contributed by atoms with E-state index in [0.717, 1.165) is 16.8 Å². The van der Waals surface area contributed by atoms with Crippen LogP contribution in [0.3, 0.4) is 0 Å². The summed E-state index contributed by atoms with van der Waals surface area (Å²) in [4.78, 5) is 24.0. The number of carbonyl (C=O) groups excluding carboxylic acids is 1. The van der Waals surface area contributed by atoms with Gasteiger partial charge in [-0.05, 0) is 18.1 Å². The molecule has 0 fully saturated rings. The Morgan fingerprint density at radius 1 is 1.13 bits per heavy atom. The molecule has 1 amide bonds. The van der Waals surface area contributed by atoms with Crippen molar-refractivity contribution < 1.29 is 4.79 Å². The van der Waals surface area contributed by atoms with Crippen molar-refractivity contribution in [1.82, 2.24) is 30.0 Å². The van der Waals surface area contributed by atoms with Crippen LogP contribution in [0, 0.1) is 6.92 Å². The highest BCUT2D eigenvalue weighted by molar-refractivity contribution is 5.91. The third-order valence-electron chi connectivity index (χ3n) is 3.30. The molecule has 0 bridgehead atoms. The van der Waals surface area contributed by atoms with Gasteiger partial charge in [0.05, 0.1) is 18.4 Å². The monoisotopic (exact) mass is 308 g/mol. The number of hydrogen-bond donors (Lipinski definition) is 1. The van der Waals surface area contributed by atoms with Gasteiger partial charge in [-0.15, -0.1) is 0 Å². The number of carbonyl (C=O) groups is 1. The zero-order valence-corrected chi connectivity index (χ0v) is 12.7. The number of hydrogen-bond acceptors (Lipinski definition) is 5. The highest BCUT2D eigenvalue weighted by atomic mass is 16.1. The van der Waals surface area contributed by atoms with Crippen molar-refractivity contribution in [2.45, 2.75) is 20.0 Å². The van der Waals surface area contributed by atoms with Crippen LogP contribution in [0.5, 0.6) is 0 Å². The molecule has 2 aromatic heterocycles. The fourth-order valence-corrected chi connectivity index (χ4v) is 2.05. The predicted molar refractivity (Wildman–Crippen MR) is 83.5 cm³/mol. The molecule has 0 aliphatic heterocycles. The Bertz CT molecular complexity index is 765. The molecule has 1 aromatic carbocycles. The summed E-state index contributed by atoms with van der Waals surface area (Å²) in [6.07, 6.45) is 6.24. The minimum atomic E-state index is -0.232. The highest BCUT2D eigenvalue weighted by Gasteiger charge is 2.07. The molecular weight excluding hydrogens is 292 g/mol.